The number of carboxylic acids is 1. The van der Waals surface area contributed by atoms with Gasteiger partial charge in [0, 0.05) is 39.1 Å². The molecule has 0 bridgehead atoms. The zero-order chi connectivity index (χ0) is 39.2. The summed E-state index contributed by atoms with van der Waals surface area (Å²) in [4.78, 5) is 32.1. The Hall–Kier alpha value is -3.22. The highest BCUT2D eigenvalue weighted by Gasteiger charge is 2.58. The molecule has 2 aromatic rings. The fraction of sp³-hybridized carbons (Fsp3) is 0.682. The molecule has 1 amide bonds. The van der Waals surface area contributed by atoms with Gasteiger partial charge in [-0.25, -0.2) is 14.1 Å². The van der Waals surface area contributed by atoms with Gasteiger partial charge in [-0.05, 0) is 85.8 Å². The Bertz CT molecular complexity index is 1490. The topological polar surface area (TPSA) is 113 Å². The number of hydrogen-bond donors (Lipinski definition) is 1. The first-order valence-corrected chi connectivity index (χ1v) is 20.7. The van der Waals surface area contributed by atoms with E-state index in [1.807, 2.05) is 30.3 Å². The molecule has 0 aromatic heterocycles. The van der Waals surface area contributed by atoms with Gasteiger partial charge >= 0.3 is 11.9 Å². The van der Waals surface area contributed by atoms with Crippen molar-refractivity contribution >= 4 is 11.9 Å². The summed E-state index contributed by atoms with van der Waals surface area (Å²) in [6.07, 6.45) is 8.23. The maximum Gasteiger partial charge on any atom is 0.363 e. The number of benzene rings is 2. The molecule has 0 spiro atoms. The first-order chi connectivity index (χ1) is 26.7. The highest BCUT2D eigenvalue weighted by atomic mass is 16.7. The molecule has 55 heavy (non-hydrogen) atoms. The summed E-state index contributed by atoms with van der Waals surface area (Å²) in [7, 11) is 4.80. The molecule has 1 aliphatic carbocycles. The number of methoxy groups -OCH3 is 3. The lowest BCUT2D eigenvalue weighted by molar-refractivity contribution is -0.880. The molecule has 2 aliphatic heterocycles. The monoisotopic (exact) mass is 767 g/mol. The third-order valence-corrected chi connectivity index (χ3v) is 12.2. The number of rotatable bonds is 20. The molecule has 2 saturated heterocycles. The van der Waals surface area contributed by atoms with E-state index in [1.165, 1.54) is 0 Å². The maximum atomic E-state index is 15.9. The van der Waals surface area contributed by atoms with Crippen LogP contribution in [0.5, 0.6) is 17.2 Å². The quantitative estimate of drug-likeness (QED) is 0.112. The van der Waals surface area contributed by atoms with Crippen LogP contribution in [0.3, 0.4) is 0 Å². The normalized spacial score (nSPS) is 23.6. The fourth-order valence-corrected chi connectivity index (χ4v) is 9.53. The predicted molar refractivity (Wildman–Crippen MR) is 212 cm³/mol. The molecule has 1 N–H and O–H groups in total. The number of carbonyl (C=O) groups excluding carboxylic acids is 1. The molecule has 306 valence electrons. The Balaban J connectivity index is 1.48. The largest absolute Gasteiger partial charge is 0.493 e. The second-order valence-corrected chi connectivity index (χ2v) is 16.2. The molecule has 11 heteroatoms. The van der Waals surface area contributed by atoms with Crippen molar-refractivity contribution in [3.8, 4) is 17.2 Å². The number of amides is 1. The number of morpholine rings is 1. The molecule has 0 radical (unpaired) electrons. The van der Waals surface area contributed by atoms with E-state index < -0.39 is 23.8 Å². The van der Waals surface area contributed by atoms with Gasteiger partial charge in [-0.3, -0.25) is 4.90 Å². The molecule has 2 aromatic carbocycles. The van der Waals surface area contributed by atoms with Gasteiger partial charge < -0.3 is 33.5 Å². The number of ether oxygens (including phenoxy) is 6. The summed E-state index contributed by atoms with van der Waals surface area (Å²) in [6.45, 7) is 10.1. The third-order valence-electron chi connectivity index (χ3n) is 12.2. The van der Waals surface area contributed by atoms with E-state index in [-0.39, 0.29) is 35.1 Å². The van der Waals surface area contributed by atoms with Crippen LogP contribution in [-0.2, 0) is 30.2 Å². The molecule has 5 atom stereocenters. The van der Waals surface area contributed by atoms with Gasteiger partial charge in [0.1, 0.15) is 25.1 Å². The molecule has 3 aliphatic rings. The van der Waals surface area contributed by atoms with E-state index in [4.69, 9.17) is 28.4 Å². The summed E-state index contributed by atoms with van der Waals surface area (Å²) >= 11 is 0. The molecule has 2 heterocycles. The van der Waals surface area contributed by atoms with Crippen LogP contribution in [0.1, 0.15) is 88.7 Å². The number of aliphatic carboxylic acids is 1. The smallest absolute Gasteiger partial charge is 0.363 e. The van der Waals surface area contributed by atoms with Gasteiger partial charge in [0.05, 0.1) is 46.6 Å². The van der Waals surface area contributed by atoms with E-state index in [0.717, 1.165) is 88.2 Å². The van der Waals surface area contributed by atoms with E-state index in [9.17, 15) is 9.90 Å². The molecule has 1 unspecified atom stereocenters. The summed E-state index contributed by atoms with van der Waals surface area (Å²) in [5.74, 6) is 0.618. The van der Waals surface area contributed by atoms with E-state index >= 15 is 4.79 Å². The number of carboxylic acid groups (broad SMARTS) is 1. The minimum absolute atomic E-state index is 0.0198. The van der Waals surface area contributed by atoms with Crippen molar-refractivity contribution in [3.63, 3.8) is 0 Å². The van der Waals surface area contributed by atoms with Crippen LogP contribution in [0.2, 0.25) is 0 Å². The molecule has 11 nitrogen and oxygen atoms in total. The molecule has 5 rings (SSSR count). The molecule has 1 saturated carbocycles. The van der Waals surface area contributed by atoms with Crippen molar-refractivity contribution in [1.29, 1.82) is 0 Å². The zero-order valence-corrected chi connectivity index (χ0v) is 34.0. The van der Waals surface area contributed by atoms with E-state index in [1.54, 1.807) is 21.3 Å². The van der Waals surface area contributed by atoms with Gasteiger partial charge in [0.15, 0.2) is 11.5 Å². The minimum atomic E-state index is -0.970. The van der Waals surface area contributed by atoms with Crippen LogP contribution in [-0.4, -0.2) is 119 Å². The second-order valence-electron chi connectivity index (χ2n) is 16.2. The van der Waals surface area contributed by atoms with Gasteiger partial charge in [-0.2, -0.15) is 0 Å². The zero-order valence-electron chi connectivity index (χ0n) is 34.0. The van der Waals surface area contributed by atoms with Crippen LogP contribution in [0, 0.1) is 17.8 Å². The summed E-state index contributed by atoms with van der Waals surface area (Å²) < 4.78 is 34.6. The highest BCUT2D eigenvalue weighted by molar-refractivity contribution is 5.80. The van der Waals surface area contributed by atoms with Crippen LogP contribution in [0.15, 0.2) is 42.5 Å². The van der Waals surface area contributed by atoms with Gasteiger partial charge in [0.2, 0.25) is 6.04 Å². The van der Waals surface area contributed by atoms with Crippen molar-refractivity contribution in [2.45, 2.75) is 96.1 Å². The summed E-state index contributed by atoms with van der Waals surface area (Å²) in [5, 5.41) is 11.3. The highest BCUT2D eigenvalue weighted by Crippen LogP contribution is 2.45. The maximum absolute atomic E-state index is 15.9. The average Bonchev–Trinajstić information content (AvgIpc) is 3.20. The van der Waals surface area contributed by atoms with Crippen molar-refractivity contribution in [3.05, 3.63) is 53.6 Å². The second kappa shape index (κ2) is 21.3. The van der Waals surface area contributed by atoms with Crippen molar-refractivity contribution in [2.75, 3.05) is 80.7 Å². The number of likely N-dealkylation sites (tertiary alicyclic amines) is 1. The Morgan fingerprint density at radius 1 is 0.945 bits per heavy atom. The number of quaternary nitrogens is 1. The van der Waals surface area contributed by atoms with Crippen LogP contribution in [0.25, 0.3) is 0 Å². The Kier molecular flexibility index (Phi) is 16.7. The Morgan fingerprint density at radius 2 is 1.71 bits per heavy atom. The molecular formula is C44H67N2O9+. The average molecular weight is 768 g/mol. The number of carbonyl (C=O) groups is 2. The van der Waals surface area contributed by atoms with E-state index in [0.29, 0.717) is 56.9 Å². The summed E-state index contributed by atoms with van der Waals surface area (Å²) in [5.41, 5.74) is 1.96. The SMILES string of the molecule is COCO[C@H](CC(C)C)[C@@H](C(=O)[N@+]1(CCCc2cccc(OCCN3CCOCC3)c2)CCCC(c2ccc(OC)c(OC)c2)[C@@H]1C(=O)O)C1CCCCC1. The standard InChI is InChI=1S/C44H66N2O9/c1-32(2)28-40(55-31-50-3)41(34-14-7-6-8-15-34)43(47)46(23-10-13-33-12-9-16-36(29-33)54-27-22-45-20-25-53-26-21-45)24-11-17-37(42(46)44(48)49)35-18-19-38(51-4)39(30-35)52-5/h9,12,16,18-19,29-30,32,34,37,40-42H,6-8,10-11,13-15,17,20-28,31H2,1-5H3/p+1/t37?,40-,41+,42-,46-/m1/s1. The Morgan fingerprint density at radius 3 is 2.40 bits per heavy atom. The van der Waals surface area contributed by atoms with Gasteiger partial charge in [0.25, 0.3) is 0 Å². The first-order valence-electron chi connectivity index (χ1n) is 20.7. The Labute approximate surface area is 329 Å². The number of nitrogens with zero attached hydrogens (tertiary/aromatic N) is 2. The first kappa shape index (κ1) is 42.9. The third kappa shape index (κ3) is 11.2. The number of aryl methyl sites for hydroxylation is 1. The van der Waals surface area contributed by atoms with Crippen molar-refractivity contribution in [1.82, 2.24) is 4.90 Å². The molecular weight excluding hydrogens is 700 g/mol. The lowest BCUT2D eigenvalue weighted by atomic mass is 9.73. The van der Waals surface area contributed by atoms with Crippen LogP contribution in [0.4, 0.5) is 0 Å². The number of hydrogen-bond acceptors (Lipinski definition) is 9. The molecule has 3 fully saturated rings. The lowest BCUT2D eigenvalue weighted by Gasteiger charge is -2.50. The minimum Gasteiger partial charge on any atom is -0.493 e. The van der Waals surface area contributed by atoms with E-state index in [2.05, 4.69) is 30.9 Å². The van der Waals surface area contributed by atoms with Crippen molar-refractivity contribution < 1.29 is 47.6 Å². The predicted octanol–water partition coefficient (Wildman–Crippen LogP) is 6.95. The van der Waals surface area contributed by atoms with Gasteiger partial charge in [-0.15, -0.1) is 0 Å². The van der Waals surface area contributed by atoms with Crippen molar-refractivity contribution in [2.24, 2.45) is 17.8 Å². The summed E-state index contributed by atoms with van der Waals surface area (Å²) in [6, 6.07) is 12.9. The fourth-order valence-electron chi connectivity index (χ4n) is 9.53. The number of piperidine rings is 1. The van der Waals surface area contributed by atoms with Crippen LogP contribution < -0.4 is 14.2 Å². The van der Waals surface area contributed by atoms with Crippen LogP contribution >= 0.6 is 0 Å². The van der Waals surface area contributed by atoms with Gasteiger partial charge in [-0.1, -0.05) is 51.3 Å². The lowest BCUT2D eigenvalue weighted by Crippen LogP contribution is -2.69.